The first kappa shape index (κ1) is 18.5. The molecule has 2 aliphatic rings. The highest BCUT2D eigenvalue weighted by atomic mass is 16.5. The smallest absolute Gasteiger partial charge is 0.258 e. The molecule has 148 valence electrons. The van der Waals surface area contributed by atoms with Crippen molar-refractivity contribution in [1.82, 2.24) is 25.0 Å². The predicted octanol–water partition coefficient (Wildman–Crippen LogP) is 1.99. The lowest BCUT2D eigenvalue weighted by atomic mass is 9.96. The zero-order valence-electron chi connectivity index (χ0n) is 16.4. The Morgan fingerprint density at radius 2 is 2.00 bits per heavy atom. The number of aryl methyl sites for hydroxylation is 2. The van der Waals surface area contributed by atoms with Gasteiger partial charge in [-0.3, -0.25) is 9.59 Å². The average molecular weight is 383 g/mol. The molecule has 0 bridgehead atoms. The maximum Gasteiger partial charge on any atom is 0.258 e. The van der Waals surface area contributed by atoms with Gasteiger partial charge in [0.2, 0.25) is 5.91 Å². The fourth-order valence-corrected chi connectivity index (χ4v) is 4.02. The minimum Gasteiger partial charge on any atom is -0.467 e. The van der Waals surface area contributed by atoms with E-state index in [9.17, 15) is 9.59 Å². The first-order chi connectivity index (χ1) is 13.4. The molecule has 3 heterocycles. The van der Waals surface area contributed by atoms with Crippen LogP contribution in [0.15, 0.2) is 24.3 Å². The van der Waals surface area contributed by atoms with Gasteiger partial charge >= 0.3 is 0 Å². The summed E-state index contributed by atoms with van der Waals surface area (Å²) < 4.78 is 7.94. The molecule has 1 saturated heterocycles. The quantitative estimate of drug-likeness (QED) is 0.876. The molecular weight excluding hydrogens is 358 g/mol. The van der Waals surface area contributed by atoms with E-state index in [0.717, 1.165) is 5.82 Å². The summed E-state index contributed by atoms with van der Waals surface area (Å²) in [5.41, 5.74) is -0.174. The third-order valence-electron chi connectivity index (χ3n) is 5.50. The zero-order chi connectivity index (χ0) is 19.9. The Balaban J connectivity index is 1.38. The number of hydrogen-bond donors (Lipinski definition) is 1. The molecule has 1 spiro atoms. The minimum absolute atomic E-state index is 0.0536. The van der Waals surface area contributed by atoms with E-state index >= 15 is 0 Å². The number of carbonyl (C=O) groups is 2. The number of aromatic nitrogens is 3. The molecule has 2 amide bonds. The second-order valence-corrected chi connectivity index (χ2v) is 7.63. The summed E-state index contributed by atoms with van der Waals surface area (Å²) in [6.07, 6.45) is 1.50. The Labute approximate surface area is 163 Å². The third-order valence-corrected chi connectivity index (χ3v) is 5.50. The summed E-state index contributed by atoms with van der Waals surface area (Å²) in [5, 5.41) is 7.38. The standard InChI is InChI=1S/C20H25N5O3/c1-13(25-15(3)21-14(2)23-25)12-18(26)24-10-8-20(9-11-24)22-19(27)16-6-4-5-7-17(16)28-20/h4-7,13H,8-12H2,1-3H3,(H,22,27)/t13-/m1/s1. The summed E-state index contributed by atoms with van der Waals surface area (Å²) in [5.74, 6) is 2.09. The highest BCUT2D eigenvalue weighted by molar-refractivity contribution is 5.98. The van der Waals surface area contributed by atoms with Crippen LogP contribution in [0.1, 0.15) is 54.2 Å². The van der Waals surface area contributed by atoms with E-state index in [1.54, 1.807) is 10.7 Å². The van der Waals surface area contributed by atoms with E-state index < -0.39 is 5.72 Å². The van der Waals surface area contributed by atoms with E-state index in [1.807, 2.05) is 43.9 Å². The van der Waals surface area contributed by atoms with Crippen LogP contribution in [0.4, 0.5) is 0 Å². The minimum atomic E-state index is -0.729. The molecule has 2 aliphatic heterocycles. The summed E-state index contributed by atoms with van der Waals surface area (Å²) in [4.78, 5) is 31.3. The van der Waals surface area contributed by atoms with Crippen LogP contribution >= 0.6 is 0 Å². The highest BCUT2D eigenvalue weighted by Gasteiger charge is 2.43. The van der Waals surface area contributed by atoms with Crippen molar-refractivity contribution in [3.8, 4) is 5.75 Å². The molecule has 1 aromatic carbocycles. The maximum absolute atomic E-state index is 12.8. The third kappa shape index (κ3) is 3.34. The van der Waals surface area contributed by atoms with Gasteiger partial charge in [0.15, 0.2) is 5.72 Å². The number of ether oxygens (including phenoxy) is 1. The Bertz CT molecular complexity index is 914. The van der Waals surface area contributed by atoms with Gasteiger partial charge in [-0.05, 0) is 32.9 Å². The number of fused-ring (bicyclic) bond motifs is 1. The molecule has 1 atom stereocenters. The largest absolute Gasteiger partial charge is 0.467 e. The number of nitrogens with zero attached hydrogens (tertiary/aromatic N) is 4. The lowest BCUT2D eigenvalue weighted by molar-refractivity contribution is -0.136. The van der Waals surface area contributed by atoms with Crippen LogP contribution in [0.2, 0.25) is 0 Å². The predicted molar refractivity (Wildman–Crippen MR) is 102 cm³/mol. The molecule has 8 nitrogen and oxygen atoms in total. The van der Waals surface area contributed by atoms with E-state index in [4.69, 9.17) is 4.74 Å². The molecule has 0 aliphatic carbocycles. The molecule has 0 radical (unpaired) electrons. The molecule has 1 N–H and O–H groups in total. The molecule has 8 heteroatoms. The van der Waals surface area contributed by atoms with Crippen LogP contribution in [-0.2, 0) is 4.79 Å². The number of hydrogen-bond acceptors (Lipinski definition) is 5. The molecule has 1 fully saturated rings. The molecule has 1 aromatic heterocycles. The number of benzene rings is 1. The topological polar surface area (TPSA) is 89.4 Å². The summed E-state index contributed by atoms with van der Waals surface area (Å²) in [7, 11) is 0. The van der Waals surface area contributed by atoms with Crippen LogP contribution in [0.25, 0.3) is 0 Å². The van der Waals surface area contributed by atoms with Gasteiger partial charge in [0.1, 0.15) is 17.4 Å². The van der Waals surface area contributed by atoms with Crippen LogP contribution in [-0.4, -0.2) is 50.3 Å². The van der Waals surface area contributed by atoms with Crippen LogP contribution in [0.5, 0.6) is 5.75 Å². The van der Waals surface area contributed by atoms with Crippen molar-refractivity contribution in [1.29, 1.82) is 0 Å². The number of likely N-dealkylation sites (tertiary alicyclic amines) is 1. The van der Waals surface area contributed by atoms with Crippen molar-refractivity contribution in [2.75, 3.05) is 13.1 Å². The number of amides is 2. The monoisotopic (exact) mass is 383 g/mol. The fourth-order valence-electron chi connectivity index (χ4n) is 4.02. The molecule has 0 saturated carbocycles. The van der Waals surface area contributed by atoms with Crippen LogP contribution in [0, 0.1) is 13.8 Å². The Hall–Kier alpha value is -2.90. The Kier molecular flexibility index (Phi) is 4.56. The highest BCUT2D eigenvalue weighted by Crippen LogP contribution is 2.33. The maximum atomic E-state index is 12.8. The molecule has 4 rings (SSSR count). The summed E-state index contributed by atoms with van der Waals surface area (Å²) >= 11 is 0. The number of para-hydroxylation sites is 1. The van der Waals surface area contributed by atoms with Crippen molar-refractivity contribution in [3.63, 3.8) is 0 Å². The molecule has 28 heavy (non-hydrogen) atoms. The van der Waals surface area contributed by atoms with Crippen molar-refractivity contribution in [2.45, 2.75) is 51.8 Å². The molecule has 0 unspecified atom stereocenters. The van der Waals surface area contributed by atoms with Gasteiger partial charge in [-0.1, -0.05) is 12.1 Å². The summed E-state index contributed by atoms with van der Waals surface area (Å²) in [6.45, 7) is 6.81. The van der Waals surface area contributed by atoms with Crippen molar-refractivity contribution in [3.05, 3.63) is 41.5 Å². The van der Waals surface area contributed by atoms with Gasteiger partial charge in [0.25, 0.3) is 5.91 Å². The van der Waals surface area contributed by atoms with Crippen molar-refractivity contribution < 1.29 is 14.3 Å². The Morgan fingerprint density at radius 1 is 1.29 bits per heavy atom. The Morgan fingerprint density at radius 3 is 2.68 bits per heavy atom. The van der Waals surface area contributed by atoms with Gasteiger partial charge in [0.05, 0.1) is 11.6 Å². The van der Waals surface area contributed by atoms with E-state index in [1.165, 1.54) is 0 Å². The summed E-state index contributed by atoms with van der Waals surface area (Å²) in [6, 6.07) is 7.20. The normalized spacial score (nSPS) is 19.0. The number of carbonyl (C=O) groups excluding carboxylic acids is 2. The SMILES string of the molecule is Cc1nc(C)n([C@H](C)CC(=O)N2CCC3(CC2)NC(=O)c2ccccc2O3)n1. The van der Waals surface area contributed by atoms with Crippen LogP contribution < -0.4 is 10.1 Å². The van der Waals surface area contributed by atoms with E-state index in [2.05, 4.69) is 15.4 Å². The first-order valence-corrected chi connectivity index (χ1v) is 9.65. The van der Waals surface area contributed by atoms with Crippen LogP contribution in [0.3, 0.4) is 0 Å². The van der Waals surface area contributed by atoms with Gasteiger partial charge in [0, 0.05) is 32.4 Å². The van der Waals surface area contributed by atoms with Gasteiger partial charge in [-0.2, -0.15) is 5.10 Å². The fraction of sp³-hybridized carbons (Fsp3) is 0.500. The van der Waals surface area contributed by atoms with E-state index in [0.29, 0.717) is 49.5 Å². The average Bonchev–Trinajstić information content (AvgIpc) is 3.00. The van der Waals surface area contributed by atoms with Crippen molar-refractivity contribution >= 4 is 11.8 Å². The first-order valence-electron chi connectivity index (χ1n) is 9.65. The van der Waals surface area contributed by atoms with Crippen molar-refractivity contribution in [2.24, 2.45) is 0 Å². The second kappa shape index (κ2) is 6.92. The second-order valence-electron chi connectivity index (χ2n) is 7.63. The van der Waals surface area contributed by atoms with Gasteiger partial charge < -0.3 is 15.0 Å². The molecular formula is C20H25N5O3. The molecule has 2 aromatic rings. The number of rotatable bonds is 3. The van der Waals surface area contributed by atoms with Gasteiger partial charge in [-0.25, -0.2) is 9.67 Å². The number of nitrogens with one attached hydrogen (secondary N) is 1. The van der Waals surface area contributed by atoms with E-state index in [-0.39, 0.29) is 17.9 Å². The van der Waals surface area contributed by atoms with Gasteiger partial charge in [-0.15, -0.1) is 0 Å². The zero-order valence-corrected chi connectivity index (χ0v) is 16.4. The lowest BCUT2D eigenvalue weighted by Gasteiger charge is -2.44. The number of piperidine rings is 1. The lowest BCUT2D eigenvalue weighted by Crippen LogP contribution is -2.61.